The topological polar surface area (TPSA) is 32.9 Å². The molecular weight excluding hydrogens is 176 g/mol. The van der Waals surface area contributed by atoms with E-state index in [0.29, 0.717) is 0 Å². The highest BCUT2D eigenvalue weighted by atomic mass is 35.5. The molecule has 0 aliphatic rings. The minimum atomic E-state index is -2.78. The quantitative estimate of drug-likeness (QED) is 0.703. The fraction of sp³-hybridized carbons (Fsp3) is 0.167. The zero-order valence-corrected chi connectivity index (χ0v) is 6.03. The van der Waals surface area contributed by atoms with Gasteiger partial charge in [-0.15, -0.1) is 0 Å². The van der Waals surface area contributed by atoms with E-state index in [1.165, 1.54) is 0 Å². The molecule has 5 heteroatoms. The molecule has 0 bridgehead atoms. The molecule has 1 aromatic heterocycles. The van der Waals surface area contributed by atoms with Crippen molar-refractivity contribution in [2.45, 2.75) is 6.43 Å². The third-order valence-electron chi connectivity index (χ3n) is 1.16. The molecule has 0 aliphatic carbocycles. The van der Waals surface area contributed by atoms with Gasteiger partial charge in [0, 0.05) is 12.4 Å². The summed E-state index contributed by atoms with van der Waals surface area (Å²) in [5.41, 5.74) is -1.42. The molecule has 0 amide bonds. The Balaban J connectivity index is 3.28. The summed E-state index contributed by atoms with van der Waals surface area (Å²) in [6.07, 6.45) is -0.674. The Morgan fingerprint density at radius 2 is 2.09 bits per heavy atom. The molecule has 1 aromatic rings. The summed E-state index contributed by atoms with van der Waals surface area (Å²) in [6.45, 7) is 0. The number of halogens is 3. The summed E-state index contributed by atoms with van der Waals surface area (Å²) in [5, 5.41) is -0.220. The predicted molar refractivity (Wildman–Crippen MR) is 37.0 cm³/mol. The summed E-state index contributed by atoms with van der Waals surface area (Å²) in [6, 6.07) is 0. The second kappa shape index (κ2) is 3.00. The maximum Gasteiger partial charge on any atom is 0.269 e. The van der Waals surface area contributed by atoms with Crippen LogP contribution in [-0.4, -0.2) is 4.98 Å². The first-order valence-electron chi connectivity index (χ1n) is 2.77. The Hall–Kier alpha value is -0.900. The normalized spacial score (nSPS) is 10.5. The first kappa shape index (κ1) is 8.20. The summed E-state index contributed by atoms with van der Waals surface area (Å²) < 4.78 is 23.9. The van der Waals surface area contributed by atoms with Crippen LogP contribution in [0.25, 0.3) is 0 Å². The highest BCUT2D eigenvalue weighted by Crippen LogP contribution is 2.14. The largest absolute Gasteiger partial charge is 0.366 e. The van der Waals surface area contributed by atoms with E-state index >= 15 is 0 Å². The van der Waals surface area contributed by atoms with Crippen molar-refractivity contribution in [1.82, 2.24) is 4.98 Å². The van der Waals surface area contributed by atoms with E-state index in [4.69, 9.17) is 11.6 Å². The van der Waals surface area contributed by atoms with E-state index in [1.807, 2.05) is 0 Å². The molecule has 0 saturated heterocycles. The molecule has 0 aliphatic heterocycles. The van der Waals surface area contributed by atoms with E-state index in [1.54, 1.807) is 0 Å². The minimum Gasteiger partial charge on any atom is -0.366 e. The van der Waals surface area contributed by atoms with E-state index < -0.39 is 17.4 Å². The van der Waals surface area contributed by atoms with Crippen molar-refractivity contribution in [2.75, 3.05) is 0 Å². The maximum absolute atomic E-state index is 11.9. The van der Waals surface area contributed by atoms with Crippen molar-refractivity contribution in [3.63, 3.8) is 0 Å². The van der Waals surface area contributed by atoms with Crippen LogP contribution in [0, 0.1) is 0 Å². The van der Waals surface area contributed by atoms with Crippen molar-refractivity contribution in [3.05, 3.63) is 33.2 Å². The highest BCUT2D eigenvalue weighted by molar-refractivity contribution is 6.30. The molecule has 0 saturated carbocycles. The molecule has 0 unspecified atom stereocenters. The van der Waals surface area contributed by atoms with Crippen molar-refractivity contribution in [1.29, 1.82) is 0 Å². The van der Waals surface area contributed by atoms with Crippen LogP contribution in [0.5, 0.6) is 0 Å². The zero-order chi connectivity index (χ0) is 8.43. The van der Waals surface area contributed by atoms with Gasteiger partial charge in [0.05, 0.1) is 5.56 Å². The van der Waals surface area contributed by atoms with Crippen molar-refractivity contribution in [2.24, 2.45) is 0 Å². The molecule has 2 nitrogen and oxygen atoms in total. The lowest BCUT2D eigenvalue weighted by molar-refractivity contribution is 0.150. The van der Waals surface area contributed by atoms with Gasteiger partial charge in [-0.2, -0.15) is 0 Å². The molecule has 11 heavy (non-hydrogen) atoms. The third kappa shape index (κ3) is 1.57. The monoisotopic (exact) mass is 179 g/mol. The Morgan fingerprint density at radius 3 is 2.55 bits per heavy atom. The van der Waals surface area contributed by atoms with Crippen LogP contribution in [0.3, 0.4) is 0 Å². The number of pyridine rings is 1. The lowest BCUT2D eigenvalue weighted by Gasteiger charge is -1.96. The van der Waals surface area contributed by atoms with E-state index in [0.717, 1.165) is 12.4 Å². The third-order valence-corrected chi connectivity index (χ3v) is 1.44. The minimum absolute atomic E-state index is 0.220. The lowest BCUT2D eigenvalue weighted by Crippen LogP contribution is -2.09. The first-order valence-corrected chi connectivity index (χ1v) is 3.15. The second-order valence-corrected chi connectivity index (χ2v) is 2.30. The van der Waals surface area contributed by atoms with Crippen LogP contribution >= 0.6 is 11.6 Å². The van der Waals surface area contributed by atoms with Crippen LogP contribution in [-0.2, 0) is 0 Å². The van der Waals surface area contributed by atoms with Crippen LogP contribution in [0.2, 0.25) is 5.02 Å². The Kier molecular flexibility index (Phi) is 2.24. The number of rotatable bonds is 1. The van der Waals surface area contributed by atoms with Gasteiger partial charge in [-0.05, 0) is 0 Å². The fourth-order valence-electron chi connectivity index (χ4n) is 0.636. The molecular formula is C6H4ClF2NO. The Bertz CT molecular complexity index is 310. The van der Waals surface area contributed by atoms with Gasteiger partial charge in [0.15, 0.2) is 0 Å². The standard InChI is InChI=1S/C6H4ClF2NO/c7-4-2-10-1-3(5(4)11)6(8)9/h1-2,6H,(H,10,11). The summed E-state index contributed by atoms with van der Waals surface area (Å²) >= 11 is 5.28. The number of hydrogen-bond acceptors (Lipinski definition) is 1. The average molecular weight is 180 g/mol. The van der Waals surface area contributed by atoms with E-state index in [-0.39, 0.29) is 5.02 Å². The molecule has 60 valence electrons. The van der Waals surface area contributed by atoms with E-state index in [2.05, 4.69) is 4.98 Å². The molecule has 0 atom stereocenters. The van der Waals surface area contributed by atoms with Gasteiger partial charge in [0.2, 0.25) is 5.43 Å². The smallest absolute Gasteiger partial charge is 0.269 e. The molecule has 0 spiro atoms. The van der Waals surface area contributed by atoms with Crippen LogP contribution < -0.4 is 5.43 Å². The van der Waals surface area contributed by atoms with Gasteiger partial charge >= 0.3 is 0 Å². The summed E-state index contributed by atoms with van der Waals surface area (Å²) in [4.78, 5) is 13.1. The molecule has 1 N–H and O–H groups in total. The maximum atomic E-state index is 11.9. The SMILES string of the molecule is O=c1c(Cl)c[nH]cc1C(F)F. The summed E-state index contributed by atoms with van der Waals surface area (Å²) in [7, 11) is 0. The van der Waals surface area contributed by atoms with Crippen molar-refractivity contribution >= 4 is 11.6 Å². The van der Waals surface area contributed by atoms with Gasteiger partial charge in [-0.3, -0.25) is 4.79 Å². The van der Waals surface area contributed by atoms with Crippen molar-refractivity contribution in [3.8, 4) is 0 Å². The second-order valence-electron chi connectivity index (χ2n) is 1.89. The zero-order valence-electron chi connectivity index (χ0n) is 5.27. The Labute approximate surface area is 65.8 Å². The molecule has 1 rings (SSSR count). The number of aromatic amines is 1. The lowest BCUT2D eigenvalue weighted by atomic mass is 10.3. The summed E-state index contributed by atoms with van der Waals surface area (Å²) in [5.74, 6) is 0. The van der Waals surface area contributed by atoms with Crippen LogP contribution in [0.15, 0.2) is 17.2 Å². The average Bonchev–Trinajstić information content (AvgIpc) is 1.94. The predicted octanol–water partition coefficient (Wildman–Crippen LogP) is 1.97. The molecule has 0 radical (unpaired) electrons. The number of aromatic nitrogens is 1. The Morgan fingerprint density at radius 1 is 1.45 bits per heavy atom. The number of nitrogens with one attached hydrogen (secondary N) is 1. The number of hydrogen-bond donors (Lipinski definition) is 1. The van der Waals surface area contributed by atoms with Gasteiger partial charge in [0.25, 0.3) is 6.43 Å². The fourth-order valence-corrected chi connectivity index (χ4v) is 0.808. The first-order chi connectivity index (χ1) is 5.13. The molecule has 0 aromatic carbocycles. The molecule has 1 heterocycles. The van der Waals surface area contributed by atoms with E-state index in [9.17, 15) is 13.6 Å². The van der Waals surface area contributed by atoms with Gasteiger partial charge in [0.1, 0.15) is 5.02 Å². The van der Waals surface area contributed by atoms with Gasteiger partial charge in [-0.1, -0.05) is 11.6 Å². The van der Waals surface area contributed by atoms with Gasteiger partial charge in [-0.25, -0.2) is 8.78 Å². The van der Waals surface area contributed by atoms with Crippen LogP contribution in [0.1, 0.15) is 12.0 Å². The number of alkyl halides is 2. The number of H-pyrrole nitrogens is 1. The van der Waals surface area contributed by atoms with Crippen molar-refractivity contribution < 1.29 is 8.78 Å². The van der Waals surface area contributed by atoms with Gasteiger partial charge < -0.3 is 4.98 Å². The highest BCUT2D eigenvalue weighted by Gasteiger charge is 2.12. The van der Waals surface area contributed by atoms with Crippen LogP contribution in [0.4, 0.5) is 8.78 Å². The molecule has 0 fully saturated rings.